The van der Waals surface area contributed by atoms with E-state index in [9.17, 15) is 22.8 Å². The van der Waals surface area contributed by atoms with Gasteiger partial charge in [-0.25, -0.2) is 0 Å². The van der Waals surface area contributed by atoms with E-state index < -0.39 is 17.6 Å². The molecule has 1 aliphatic rings. The maximum atomic E-state index is 12.6. The summed E-state index contributed by atoms with van der Waals surface area (Å²) in [5.74, 6) is 0.00726. The van der Waals surface area contributed by atoms with Crippen molar-refractivity contribution < 1.29 is 22.8 Å². The summed E-state index contributed by atoms with van der Waals surface area (Å²) < 4.78 is 37.8. The normalized spacial score (nSPS) is 16.1. The summed E-state index contributed by atoms with van der Waals surface area (Å²) in [6, 6.07) is 11.7. The number of rotatable bonds is 6. The number of aliphatic imine (C=N–C) groups is 1. The Morgan fingerprint density at radius 2 is 1.75 bits per heavy atom. The van der Waals surface area contributed by atoms with Crippen LogP contribution in [0.2, 0.25) is 0 Å². The molecule has 1 atom stereocenters. The van der Waals surface area contributed by atoms with Crippen molar-refractivity contribution >= 4 is 23.5 Å². The minimum atomic E-state index is -4.44. The molecule has 0 bridgehead atoms. The molecule has 0 aliphatic carbocycles. The van der Waals surface area contributed by atoms with Gasteiger partial charge in [-0.1, -0.05) is 18.2 Å². The zero-order valence-corrected chi connectivity index (χ0v) is 17.4. The predicted molar refractivity (Wildman–Crippen MR) is 116 cm³/mol. The first-order chi connectivity index (χ1) is 15.3. The fourth-order valence-electron chi connectivity index (χ4n) is 3.39. The maximum Gasteiger partial charge on any atom is 0.416 e. The Kier molecular flexibility index (Phi) is 7.34. The number of amides is 2. The van der Waals surface area contributed by atoms with Crippen LogP contribution < -0.4 is 21.3 Å². The van der Waals surface area contributed by atoms with Crippen molar-refractivity contribution in [3.63, 3.8) is 0 Å². The van der Waals surface area contributed by atoms with E-state index in [4.69, 9.17) is 0 Å². The van der Waals surface area contributed by atoms with E-state index in [0.29, 0.717) is 25.5 Å². The largest absolute Gasteiger partial charge is 0.416 e. The van der Waals surface area contributed by atoms with Crippen LogP contribution in [0.5, 0.6) is 0 Å². The van der Waals surface area contributed by atoms with Gasteiger partial charge in [0.05, 0.1) is 5.56 Å². The quantitative estimate of drug-likeness (QED) is 0.311. The lowest BCUT2D eigenvalue weighted by Crippen LogP contribution is -2.43. The molecular weight excluding hydrogens is 423 g/mol. The van der Waals surface area contributed by atoms with Gasteiger partial charge in [-0.15, -0.1) is 0 Å². The summed E-state index contributed by atoms with van der Waals surface area (Å²) in [6.07, 6.45) is -4.07. The Balaban J connectivity index is 1.43. The number of nitrogens with one attached hydrogen (secondary N) is 4. The van der Waals surface area contributed by atoms with Crippen LogP contribution in [0.3, 0.4) is 0 Å². The number of hydrogen-bond acceptors (Lipinski definition) is 3. The Morgan fingerprint density at radius 1 is 1.06 bits per heavy atom. The molecule has 2 amide bonds. The zero-order valence-electron chi connectivity index (χ0n) is 17.4. The Labute approximate surface area is 183 Å². The van der Waals surface area contributed by atoms with Crippen molar-refractivity contribution in [3.8, 4) is 0 Å². The van der Waals surface area contributed by atoms with Gasteiger partial charge in [0.25, 0.3) is 5.91 Å². The third-order valence-corrected chi connectivity index (χ3v) is 5.02. The Bertz CT molecular complexity index is 990. The molecule has 170 valence electrons. The summed E-state index contributed by atoms with van der Waals surface area (Å²) in [7, 11) is 1.61. The highest BCUT2D eigenvalue weighted by molar-refractivity contribution is 5.95. The van der Waals surface area contributed by atoms with Crippen molar-refractivity contribution in [3.05, 3.63) is 65.2 Å². The Hall–Kier alpha value is -3.56. The molecule has 7 nitrogen and oxygen atoms in total. The second-order valence-electron chi connectivity index (χ2n) is 7.25. The van der Waals surface area contributed by atoms with E-state index in [1.54, 1.807) is 7.05 Å². The topological polar surface area (TPSA) is 94.6 Å². The van der Waals surface area contributed by atoms with Crippen molar-refractivity contribution in [2.45, 2.75) is 18.5 Å². The molecule has 32 heavy (non-hydrogen) atoms. The van der Waals surface area contributed by atoms with Crippen LogP contribution in [0.4, 0.5) is 18.9 Å². The molecule has 1 aliphatic heterocycles. The lowest BCUT2D eigenvalue weighted by Gasteiger charge is -2.26. The highest BCUT2D eigenvalue weighted by atomic mass is 19.4. The molecule has 1 unspecified atom stereocenters. The lowest BCUT2D eigenvalue weighted by atomic mass is 9.90. The number of hydrogen-bond donors (Lipinski definition) is 4. The van der Waals surface area contributed by atoms with Gasteiger partial charge in [0.15, 0.2) is 5.96 Å². The summed E-state index contributed by atoms with van der Waals surface area (Å²) in [4.78, 5) is 28.2. The van der Waals surface area contributed by atoms with Crippen molar-refractivity contribution in [1.82, 2.24) is 16.0 Å². The van der Waals surface area contributed by atoms with Crippen molar-refractivity contribution in [2.75, 3.05) is 32.0 Å². The number of alkyl halides is 3. The summed E-state index contributed by atoms with van der Waals surface area (Å²) in [5, 5.41) is 11.7. The van der Waals surface area contributed by atoms with Crippen molar-refractivity contribution in [1.29, 1.82) is 0 Å². The number of benzene rings is 2. The molecule has 0 spiro atoms. The van der Waals surface area contributed by atoms with Crippen LogP contribution in [0.25, 0.3) is 0 Å². The SMILES string of the molecule is CN=C(NCCNC(=O)c1ccc(C(F)(F)F)cc1)NCC1CC(=O)Nc2ccccc21. The molecule has 10 heteroatoms. The standard InChI is InChI=1S/C22H24F3N5O2/c1-26-21(29-13-15-12-19(31)30-18-5-3-2-4-17(15)18)28-11-10-27-20(32)14-6-8-16(9-7-14)22(23,24)25/h2-9,15H,10-13H2,1H3,(H,27,32)(H,30,31)(H2,26,28,29). The summed E-state index contributed by atoms with van der Waals surface area (Å²) in [6.45, 7) is 1.10. The number of carbonyl (C=O) groups is 2. The average molecular weight is 447 g/mol. The van der Waals surface area contributed by atoms with E-state index in [1.165, 1.54) is 0 Å². The molecule has 0 saturated heterocycles. The number of anilines is 1. The van der Waals surface area contributed by atoms with Crippen molar-refractivity contribution in [2.24, 2.45) is 4.99 Å². The number of para-hydroxylation sites is 1. The first kappa shape index (κ1) is 23.1. The first-order valence-corrected chi connectivity index (χ1v) is 10.1. The smallest absolute Gasteiger partial charge is 0.356 e. The van der Waals surface area contributed by atoms with Gasteiger partial charge >= 0.3 is 6.18 Å². The summed E-state index contributed by atoms with van der Waals surface area (Å²) in [5.41, 5.74) is 1.21. The number of fused-ring (bicyclic) bond motifs is 1. The van der Waals surface area contributed by atoms with E-state index in [2.05, 4.69) is 26.3 Å². The molecular formula is C22H24F3N5O2. The first-order valence-electron chi connectivity index (χ1n) is 10.1. The lowest BCUT2D eigenvalue weighted by molar-refractivity contribution is -0.137. The minimum absolute atomic E-state index is 0.00197. The van der Waals surface area contributed by atoms with Gasteiger partial charge < -0.3 is 21.3 Å². The molecule has 0 radical (unpaired) electrons. The van der Waals surface area contributed by atoms with Crippen LogP contribution in [0.1, 0.15) is 33.8 Å². The number of nitrogens with zero attached hydrogens (tertiary/aromatic N) is 1. The fourth-order valence-corrected chi connectivity index (χ4v) is 3.39. The number of guanidine groups is 1. The number of halogens is 3. The van der Waals surface area contributed by atoms with Gasteiger partial charge in [0, 0.05) is 50.3 Å². The highest BCUT2D eigenvalue weighted by Crippen LogP contribution is 2.31. The molecule has 3 rings (SSSR count). The second-order valence-corrected chi connectivity index (χ2v) is 7.25. The van der Waals surface area contributed by atoms with Crippen LogP contribution in [0, 0.1) is 0 Å². The van der Waals surface area contributed by atoms with Crippen LogP contribution in [0.15, 0.2) is 53.5 Å². The third kappa shape index (κ3) is 5.99. The van der Waals surface area contributed by atoms with Gasteiger partial charge in [0.1, 0.15) is 0 Å². The molecule has 0 fully saturated rings. The van der Waals surface area contributed by atoms with Gasteiger partial charge in [-0.05, 0) is 35.9 Å². The fraction of sp³-hybridized carbons (Fsp3) is 0.318. The van der Waals surface area contributed by atoms with E-state index in [0.717, 1.165) is 35.5 Å². The van der Waals surface area contributed by atoms with E-state index >= 15 is 0 Å². The Morgan fingerprint density at radius 3 is 2.44 bits per heavy atom. The zero-order chi connectivity index (χ0) is 23.1. The van der Waals surface area contributed by atoms with Crippen LogP contribution in [-0.4, -0.2) is 44.5 Å². The molecule has 4 N–H and O–H groups in total. The van der Waals surface area contributed by atoms with Crippen LogP contribution in [-0.2, 0) is 11.0 Å². The van der Waals surface area contributed by atoms with E-state index in [-0.39, 0.29) is 23.9 Å². The molecule has 2 aromatic carbocycles. The maximum absolute atomic E-state index is 12.6. The monoisotopic (exact) mass is 447 g/mol. The van der Waals surface area contributed by atoms with Gasteiger partial charge in [-0.3, -0.25) is 14.6 Å². The van der Waals surface area contributed by atoms with Gasteiger partial charge in [0.2, 0.25) is 5.91 Å². The van der Waals surface area contributed by atoms with E-state index in [1.807, 2.05) is 24.3 Å². The molecule has 0 aromatic heterocycles. The summed E-state index contributed by atoms with van der Waals surface area (Å²) >= 11 is 0. The van der Waals surface area contributed by atoms with Gasteiger partial charge in [-0.2, -0.15) is 13.2 Å². The number of carbonyl (C=O) groups excluding carboxylic acids is 2. The molecule has 2 aromatic rings. The minimum Gasteiger partial charge on any atom is -0.356 e. The van der Waals surface area contributed by atoms with Crippen LogP contribution >= 0.6 is 0 Å². The average Bonchev–Trinajstić information content (AvgIpc) is 2.77. The molecule has 0 saturated carbocycles. The predicted octanol–water partition coefficient (Wildman–Crippen LogP) is 2.73. The highest BCUT2D eigenvalue weighted by Gasteiger charge is 2.30. The third-order valence-electron chi connectivity index (χ3n) is 5.02. The second kappa shape index (κ2) is 10.2. The molecule has 1 heterocycles.